The molecule has 1 fully saturated rings. The zero-order chi connectivity index (χ0) is 12.3. The fraction of sp³-hybridized carbons (Fsp3) is 0.462. The molecule has 0 radical (unpaired) electrons. The van der Waals surface area contributed by atoms with Crippen LogP contribution in [-0.2, 0) is 4.74 Å². The first-order valence-electron chi connectivity index (χ1n) is 5.76. The van der Waals surface area contributed by atoms with Gasteiger partial charge in [0.1, 0.15) is 0 Å². The van der Waals surface area contributed by atoms with Crippen molar-refractivity contribution in [2.45, 2.75) is 31.8 Å². The number of carbonyl (C=O) groups excluding carboxylic acids is 1. The molecule has 1 aliphatic heterocycles. The van der Waals surface area contributed by atoms with Crippen LogP contribution in [-0.4, -0.2) is 18.5 Å². The predicted molar refractivity (Wildman–Crippen MR) is 71.7 cm³/mol. The third-order valence-electron chi connectivity index (χ3n) is 2.96. The van der Waals surface area contributed by atoms with Crippen LogP contribution in [0, 0.1) is 0 Å². The molecular weight excluding hydrogens is 303 g/mol. The summed E-state index contributed by atoms with van der Waals surface area (Å²) in [5.41, 5.74) is 0.677. The molecule has 1 aromatic carbocycles. The lowest BCUT2D eigenvalue weighted by Crippen LogP contribution is -2.08. The summed E-state index contributed by atoms with van der Waals surface area (Å²) in [6.45, 7) is 0.836. The van der Waals surface area contributed by atoms with Crippen molar-refractivity contribution < 1.29 is 9.53 Å². The Morgan fingerprint density at radius 3 is 3.00 bits per heavy atom. The monoisotopic (exact) mass is 316 g/mol. The molecule has 92 valence electrons. The van der Waals surface area contributed by atoms with E-state index in [9.17, 15) is 4.79 Å². The van der Waals surface area contributed by atoms with Crippen LogP contribution in [0.3, 0.4) is 0 Å². The van der Waals surface area contributed by atoms with Gasteiger partial charge in [0.05, 0.1) is 11.1 Å². The molecule has 2 nitrogen and oxygen atoms in total. The molecule has 1 aliphatic rings. The van der Waals surface area contributed by atoms with Crippen LogP contribution in [0.25, 0.3) is 0 Å². The summed E-state index contributed by atoms with van der Waals surface area (Å²) < 4.78 is 6.31. The number of benzene rings is 1. The van der Waals surface area contributed by atoms with Gasteiger partial charge in [0.2, 0.25) is 0 Å². The van der Waals surface area contributed by atoms with Crippen LogP contribution in [0.2, 0.25) is 5.02 Å². The Hall–Kier alpha value is -0.380. The van der Waals surface area contributed by atoms with E-state index in [1.54, 1.807) is 12.1 Å². The molecular formula is C13H14BrClO2. The van der Waals surface area contributed by atoms with E-state index >= 15 is 0 Å². The number of hydrogen-bond donors (Lipinski definition) is 0. The minimum absolute atomic E-state index is 0.134. The summed E-state index contributed by atoms with van der Waals surface area (Å²) in [5, 5.41) is 0.577. The van der Waals surface area contributed by atoms with Crippen molar-refractivity contribution in [3.63, 3.8) is 0 Å². The highest BCUT2D eigenvalue weighted by Gasteiger charge is 2.17. The van der Waals surface area contributed by atoms with Crippen molar-refractivity contribution in [2.24, 2.45) is 0 Å². The molecule has 1 unspecified atom stereocenters. The molecule has 1 saturated heterocycles. The number of hydrogen-bond acceptors (Lipinski definition) is 2. The number of carbonyl (C=O) groups is 1. The van der Waals surface area contributed by atoms with Gasteiger partial charge in [-0.25, -0.2) is 0 Å². The van der Waals surface area contributed by atoms with Crippen molar-refractivity contribution in [3.05, 3.63) is 33.3 Å². The average Bonchev–Trinajstić information content (AvgIpc) is 2.82. The van der Waals surface area contributed by atoms with Crippen LogP contribution in [0.15, 0.2) is 22.7 Å². The van der Waals surface area contributed by atoms with Gasteiger partial charge < -0.3 is 4.74 Å². The molecule has 0 aromatic heterocycles. The third-order valence-corrected chi connectivity index (χ3v) is 4.19. The van der Waals surface area contributed by atoms with E-state index in [-0.39, 0.29) is 11.9 Å². The molecule has 0 spiro atoms. The Bertz CT molecular complexity index is 414. The maximum atomic E-state index is 11.9. The minimum Gasteiger partial charge on any atom is -0.378 e. The van der Waals surface area contributed by atoms with Gasteiger partial charge in [0, 0.05) is 23.1 Å². The Labute approximate surface area is 114 Å². The molecule has 0 saturated carbocycles. The second-order valence-corrected chi connectivity index (χ2v) is 5.49. The van der Waals surface area contributed by atoms with E-state index in [1.165, 1.54) is 0 Å². The quantitative estimate of drug-likeness (QED) is 0.776. The van der Waals surface area contributed by atoms with Gasteiger partial charge in [0.15, 0.2) is 5.78 Å². The summed E-state index contributed by atoms with van der Waals surface area (Å²) >= 11 is 9.27. The first-order valence-corrected chi connectivity index (χ1v) is 6.94. The molecule has 0 N–H and O–H groups in total. The number of halogens is 2. The van der Waals surface area contributed by atoms with Crippen LogP contribution in [0.5, 0.6) is 0 Å². The lowest BCUT2D eigenvalue weighted by Gasteiger charge is -2.08. The number of Topliss-reactive ketones (excluding diaryl/α,β-unsaturated/α-hetero) is 1. The number of rotatable bonds is 4. The van der Waals surface area contributed by atoms with E-state index in [0.29, 0.717) is 17.0 Å². The Balaban J connectivity index is 1.92. The van der Waals surface area contributed by atoms with E-state index in [1.807, 2.05) is 6.07 Å². The lowest BCUT2D eigenvalue weighted by molar-refractivity contribution is 0.0859. The summed E-state index contributed by atoms with van der Waals surface area (Å²) in [6, 6.07) is 5.32. The van der Waals surface area contributed by atoms with Crippen molar-refractivity contribution in [2.75, 3.05) is 6.61 Å². The fourth-order valence-corrected chi connectivity index (χ4v) is 2.41. The molecule has 1 heterocycles. The largest absolute Gasteiger partial charge is 0.378 e. The Morgan fingerprint density at radius 1 is 1.53 bits per heavy atom. The average molecular weight is 318 g/mol. The van der Waals surface area contributed by atoms with Gasteiger partial charge >= 0.3 is 0 Å². The van der Waals surface area contributed by atoms with Gasteiger partial charge in [0.25, 0.3) is 0 Å². The number of ketones is 1. The van der Waals surface area contributed by atoms with E-state index in [4.69, 9.17) is 16.3 Å². The summed E-state index contributed by atoms with van der Waals surface area (Å²) in [5.74, 6) is 0.134. The van der Waals surface area contributed by atoms with Gasteiger partial charge in [-0.3, -0.25) is 4.79 Å². The minimum atomic E-state index is 0.134. The summed E-state index contributed by atoms with van der Waals surface area (Å²) in [4.78, 5) is 11.9. The molecule has 1 aromatic rings. The summed E-state index contributed by atoms with van der Waals surface area (Å²) in [7, 11) is 0. The van der Waals surface area contributed by atoms with Crippen LogP contribution in [0.1, 0.15) is 36.0 Å². The van der Waals surface area contributed by atoms with Crippen LogP contribution >= 0.6 is 27.5 Å². The topological polar surface area (TPSA) is 26.3 Å². The van der Waals surface area contributed by atoms with Gasteiger partial charge in [-0.15, -0.1) is 0 Å². The second kappa shape index (κ2) is 5.98. The van der Waals surface area contributed by atoms with E-state index in [0.717, 1.165) is 30.3 Å². The zero-order valence-corrected chi connectivity index (χ0v) is 11.8. The molecule has 1 atom stereocenters. The van der Waals surface area contributed by atoms with Gasteiger partial charge in [-0.2, -0.15) is 0 Å². The highest BCUT2D eigenvalue weighted by atomic mass is 79.9. The first kappa shape index (κ1) is 13.1. The predicted octanol–water partition coefficient (Wildman–Crippen LogP) is 4.24. The Morgan fingerprint density at radius 2 is 2.35 bits per heavy atom. The third kappa shape index (κ3) is 3.54. The maximum absolute atomic E-state index is 11.9. The van der Waals surface area contributed by atoms with Gasteiger partial charge in [-0.05, 0) is 47.3 Å². The van der Waals surface area contributed by atoms with Crippen LogP contribution < -0.4 is 0 Å². The normalized spacial score (nSPS) is 19.5. The van der Waals surface area contributed by atoms with Crippen molar-refractivity contribution >= 4 is 33.3 Å². The molecule has 4 heteroatoms. The maximum Gasteiger partial charge on any atom is 0.163 e. The van der Waals surface area contributed by atoms with Crippen molar-refractivity contribution in [1.29, 1.82) is 0 Å². The van der Waals surface area contributed by atoms with E-state index < -0.39 is 0 Å². The molecule has 0 amide bonds. The lowest BCUT2D eigenvalue weighted by atomic mass is 10.0. The molecule has 2 rings (SSSR count). The van der Waals surface area contributed by atoms with Crippen molar-refractivity contribution in [1.82, 2.24) is 0 Å². The number of ether oxygens (including phenoxy) is 1. The van der Waals surface area contributed by atoms with E-state index in [2.05, 4.69) is 15.9 Å². The highest BCUT2D eigenvalue weighted by Crippen LogP contribution is 2.24. The molecule has 17 heavy (non-hydrogen) atoms. The second-order valence-electron chi connectivity index (χ2n) is 4.23. The first-order chi connectivity index (χ1) is 8.16. The molecule has 0 aliphatic carbocycles. The van der Waals surface area contributed by atoms with Crippen LogP contribution in [0.4, 0.5) is 0 Å². The zero-order valence-electron chi connectivity index (χ0n) is 9.42. The SMILES string of the molecule is O=C(CCC1CCCO1)c1ccc(Br)c(Cl)c1. The smallest absolute Gasteiger partial charge is 0.163 e. The van der Waals surface area contributed by atoms with Gasteiger partial charge in [-0.1, -0.05) is 17.7 Å². The Kier molecular flexibility index (Phi) is 4.60. The molecule has 0 bridgehead atoms. The summed E-state index contributed by atoms with van der Waals surface area (Å²) in [6.07, 6.45) is 3.80. The fourth-order valence-electron chi connectivity index (χ4n) is 1.98. The highest BCUT2D eigenvalue weighted by molar-refractivity contribution is 9.10. The van der Waals surface area contributed by atoms with Crippen molar-refractivity contribution in [3.8, 4) is 0 Å². The standard InChI is InChI=1S/C13H14BrClO2/c14-11-5-3-9(8-12(11)15)13(16)6-4-10-2-1-7-17-10/h3,5,8,10H,1-2,4,6-7H2.